The Morgan fingerprint density at radius 2 is 2.20 bits per heavy atom. The van der Waals surface area contributed by atoms with E-state index in [0.717, 1.165) is 16.8 Å². The van der Waals surface area contributed by atoms with Crippen LogP contribution in [0.15, 0.2) is 6.20 Å². The van der Waals surface area contributed by atoms with Crippen molar-refractivity contribution in [1.82, 2.24) is 10.2 Å². The molecule has 54 valence electrons. The van der Waals surface area contributed by atoms with Crippen LogP contribution in [0.5, 0.6) is 0 Å². The van der Waals surface area contributed by atoms with Gasteiger partial charge >= 0.3 is 0 Å². The van der Waals surface area contributed by atoms with Crippen LogP contribution < -0.4 is 0 Å². The molecule has 10 heavy (non-hydrogen) atoms. The minimum absolute atomic E-state index is 0.0488. The number of aryl methyl sites for hydroxylation is 2. The van der Waals surface area contributed by atoms with E-state index in [-0.39, 0.29) is 6.61 Å². The number of nitrogens with zero attached hydrogens (tertiary/aromatic N) is 2. The summed E-state index contributed by atoms with van der Waals surface area (Å²) in [6, 6.07) is 0. The van der Waals surface area contributed by atoms with Crippen LogP contribution in [0.25, 0.3) is 0 Å². The van der Waals surface area contributed by atoms with E-state index in [2.05, 4.69) is 10.2 Å². The van der Waals surface area contributed by atoms with Crippen LogP contribution in [-0.4, -0.2) is 15.3 Å². The summed E-state index contributed by atoms with van der Waals surface area (Å²) < 4.78 is 0. The quantitative estimate of drug-likeness (QED) is 0.617. The van der Waals surface area contributed by atoms with Crippen LogP contribution in [0.1, 0.15) is 16.8 Å². The number of aromatic nitrogens is 2. The van der Waals surface area contributed by atoms with Crippen molar-refractivity contribution in [2.75, 3.05) is 0 Å². The molecule has 0 fully saturated rings. The van der Waals surface area contributed by atoms with Crippen molar-refractivity contribution in [1.29, 1.82) is 0 Å². The smallest absolute Gasteiger partial charge is 0.0703 e. The summed E-state index contributed by atoms with van der Waals surface area (Å²) in [4.78, 5) is 0. The van der Waals surface area contributed by atoms with Crippen LogP contribution in [0.4, 0.5) is 0 Å². The van der Waals surface area contributed by atoms with Gasteiger partial charge in [-0.3, -0.25) is 0 Å². The van der Waals surface area contributed by atoms with Gasteiger partial charge in [-0.1, -0.05) is 0 Å². The molecule has 0 aliphatic rings. The van der Waals surface area contributed by atoms with Crippen molar-refractivity contribution >= 4 is 0 Å². The monoisotopic (exact) mass is 138 g/mol. The van der Waals surface area contributed by atoms with Crippen LogP contribution in [0, 0.1) is 13.8 Å². The normalized spacial score (nSPS) is 9.90. The van der Waals surface area contributed by atoms with E-state index in [1.54, 1.807) is 6.20 Å². The van der Waals surface area contributed by atoms with Gasteiger partial charge in [-0.05, 0) is 19.4 Å². The van der Waals surface area contributed by atoms with Gasteiger partial charge in [0.15, 0.2) is 0 Å². The molecule has 0 amide bonds. The molecule has 1 heterocycles. The molecule has 3 heteroatoms. The molecular weight excluding hydrogens is 128 g/mol. The Hall–Kier alpha value is -0.960. The Morgan fingerprint density at radius 1 is 1.50 bits per heavy atom. The molecule has 1 aromatic heterocycles. The van der Waals surface area contributed by atoms with Crippen molar-refractivity contribution in [3.8, 4) is 0 Å². The van der Waals surface area contributed by atoms with Crippen molar-refractivity contribution < 1.29 is 5.11 Å². The summed E-state index contributed by atoms with van der Waals surface area (Å²) in [6.45, 7) is 3.80. The Bertz CT molecular complexity index is 215. The van der Waals surface area contributed by atoms with E-state index < -0.39 is 0 Å². The average molecular weight is 138 g/mol. The molecule has 3 nitrogen and oxygen atoms in total. The third-order valence-electron chi connectivity index (χ3n) is 1.53. The molecule has 0 saturated carbocycles. The van der Waals surface area contributed by atoms with Crippen molar-refractivity contribution in [2.24, 2.45) is 0 Å². The molecule has 0 aliphatic carbocycles. The lowest BCUT2D eigenvalue weighted by Gasteiger charge is -2.01. The minimum Gasteiger partial charge on any atom is -0.392 e. The highest BCUT2D eigenvalue weighted by molar-refractivity contribution is 5.24. The van der Waals surface area contributed by atoms with E-state index in [0.29, 0.717) is 0 Å². The lowest BCUT2D eigenvalue weighted by atomic mass is 10.1. The fourth-order valence-electron chi connectivity index (χ4n) is 0.865. The highest BCUT2D eigenvalue weighted by Gasteiger charge is 2.00. The van der Waals surface area contributed by atoms with Crippen molar-refractivity contribution in [3.05, 3.63) is 23.0 Å². The maximum Gasteiger partial charge on any atom is 0.0703 e. The Kier molecular flexibility index (Phi) is 1.97. The zero-order chi connectivity index (χ0) is 7.56. The fraction of sp³-hybridized carbons (Fsp3) is 0.429. The largest absolute Gasteiger partial charge is 0.392 e. The summed E-state index contributed by atoms with van der Waals surface area (Å²) in [6.07, 6.45) is 1.65. The molecule has 0 radical (unpaired) electrons. The van der Waals surface area contributed by atoms with Gasteiger partial charge < -0.3 is 5.11 Å². The Morgan fingerprint density at radius 3 is 2.60 bits per heavy atom. The van der Waals surface area contributed by atoms with E-state index >= 15 is 0 Å². The first kappa shape index (κ1) is 7.15. The van der Waals surface area contributed by atoms with Gasteiger partial charge in [-0.25, -0.2) is 0 Å². The molecule has 1 N–H and O–H groups in total. The van der Waals surface area contributed by atoms with Gasteiger partial charge in [0.05, 0.1) is 18.5 Å². The molecule has 0 bridgehead atoms. The lowest BCUT2D eigenvalue weighted by Crippen LogP contribution is -1.97. The topological polar surface area (TPSA) is 46.0 Å². The third kappa shape index (κ3) is 1.14. The van der Waals surface area contributed by atoms with Crippen molar-refractivity contribution in [3.63, 3.8) is 0 Å². The van der Waals surface area contributed by atoms with Gasteiger partial charge in [0.25, 0.3) is 0 Å². The highest BCUT2D eigenvalue weighted by Crippen LogP contribution is 2.07. The first-order chi connectivity index (χ1) is 4.75. The van der Waals surface area contributed by atoms with Crippen LogP contribution in [0.2, 0.25) is 0 Å². The molecule has 0 spiro atoms. The zero-order valence-corrected chi connectivity index (χ0v) is 6.13. The first-order valence-electron chi connectivity index (χ1n) is 3.14. The van der Waals surface area contributed by atoms with E-state index in [4.69, 9.17) is 5.11 Å². The fourth-order valence-corrected chi connectivity index (χ4v) is 0.865. The molecule has 0 unspecified atom stereocenters. The lowest BCUT2D eigenvalue weighted by molar-refractivity contribution is 0.279. The second kappa shape index (κ2) is 2.75. The Balaban J connectivity index is 3.17. The number of hydrogen-bond donors (Lipinski definition) is 1. The maximum absolute atomic E-state index is 8.83. The predicted octanol–water partition coefficient (Wildman–Crippen LogP) is 0.586. The second-order valence-corrected chi connectivity index (χ2v) is 2.25. The van der Waals surface area contributed by atoms with Crippen LogP contribution >= 0.6 is 0 Å². The predicted molar refractivity (Wildman–Crippen MR) is 37.4 cm³/mol. The van der Waals surface area contributed by atoms with Gasteiger partial charge in [0.1, 0.15) is 0 Å². The number of aliphatic hydroxyl groups is 1. The molecule has 0 atom stereocenters. The highest BCUT2D eigenvalue weighted by atomic mass is 16.3. The zero-order valence-electron chi connectivity index (χ0n) is 6.13. The number of rotatable bonds is 1. The molecular formula is C7H10N2O. The van der Waals surface area contributed by atoms with Crippen LogP contribution in [-0.2, 0) is 6.61 Å². The van der Waals surface area contributed by atoms with Crippen LogP contribution in [0.3, 0.4) is 0 Å². The van der Waals surface area contributed by atoms with E-state index in [9.17, 15) is 0 Å². The average Bonchev–Trinajstić information content (AvgIpc) is 1.88. The summed E-state index contributed by atoms with van der Waals surface area (Å²) in [5, 5.41) is 16.4. The summed E-state index contributed by atoms with van der Waals surface area (Å²) in [5.41, 5.74) is 2.69. The number of aliphatic hydroxyl groups excluding tert-OH is 1. The minimum atomic E-state index is 0.0488. The van der Waals surface area contributed by atoms with Gasteiger partial charge in [0, 0.05) is 5.56 Å². The summed E-state index contributed by atoms with van der Waals surface area (Å²) in [5.74, 6) is 0. The third-order valence-corrected chi connectivity index (χ3v) is 1.53. The molecule has 0 aliphatic heterocycles. The molecule has 0 saturated heterocycles. The summed E-state index contributed by atoms with van der Waals surface area (Å²) in [7, 11) is 0. The van der Waals surface area contributed by atoms with Gasteiger partial charge in [0.2, 0.25) is 0 Å². The standard InChI is InChI=1S/C7H10N2O/c1-5-3-8-9-6(2)7(5)4-10/h3,10H,4H2,1-2H3. The van der Waals surface area contributed by atoms with Gasteiger partial charge in [-0.15, -0.1) is 0 Å². The first-order valence-corrected chi connectivity index (χ1v) is 3.14. The number of hydrogen-bond acceptors (Lipinski definition) is 3. The summed E-state index contributed by atoms with van der Waals surface area (Å²) >= 11 is 0. The molecule has 0 aromatic carbocycles. The maximum atomic E-state index is 8.83. The van der Waals surface area contributed by atoms with E-state index in [1.807, 2.05) is 13.8 Å². The Labute approximate surface area is 59.7 Å². The van der Waals surface area contributed by atoms with Gasteiger partial charge in [-0.2, -0.15) is 10.2 Å². The second-order valence-electron chi connectivity index (χ2n) is 2.25. The van der Waals surface area contributed by atoms with E-state index in [1.165, 1.54) is 0 Å². The van der Waals surface area contributed by atoms with Crippen molar-refractivity contribution in [2.45, 2.75) is 20.5 Å². The molecule has 1 aromatic rings. The SMILES string of the molecule is Cc1cnnc(C)c1CO. The molecule has 1 rings (SSSR count).